The molecule has 0 atom stereocenters. The Morgan fingerprint density at radius 2 is 1.13 bits per heavy atom. The lowest BCUT2D eigenvalue weighted by Crippen LogP contribution is -2.19. The molecule has 15 heavy (non-hydrogen) atoms. The van der Waals surface area contributed by atoms with E-state index in [2.05, 4.69) is 25.3 Å². The molecule has 0 aliphatic heterocycles. The summed E-state index contributed by atoms with van der Waals surface area (Å²) in [5.41, 5.74) is 0.508. The highest BCUT2D eigenvalue weighted by molar-refractivity contribution is 4.91. The highest BCUT2D eigenvalue weighted by Gasteiger charge is 2.26. The van der Waals surface area contributed by atoms with Gasteiger partial charge in [0.15, 0.2) is 0 Å². The van der Waals surface area contributed by atoms with Crippen molar-refractivity contribution in [2.24, 2.45) is 5.41 Å². The molecule has 0 unspecified atom stereocenters. The fourth-order valence-electron chi connectivity index (χ4n) is 2.94. The van der Waals surface area contributed by atoms with Crippen LogP contribution in [-0.4, -0.2) is 0 Å². The molecule has 0 radical (unpaired) electrons. The maximum absolute atomic E-state index is 3.93. The zero-order chi connectivity index (χ0) is 11.0. The van der Waals surface area contributed by atoms with Crippen molar-refractivity contribution in [3.8, 4) is 0 Å². The Morgan fingerprint density at radius 1 is 0.733 bits per heavy atom. The molecule has 1 fully saturated rings. The van der Waals surface area contributed by atoms with Crippen LogP contribution < -0.4 is 0 Å². The third-order valence-corrected chi connectivity index (χ3v) is 3.82. The second-order valence-electron chi connectivity index (χ2n) is 5.11. The van der Waals surface area contributed by atoms with E-state index in [9.17, 15) is 0 Å². The Hall–Kier alpha value is -0.520. The van der Waals surface area contributed by atoms with E-state index in [-0.39, 0.29) is 0 Å². The predicted octanol–water partition coefficient (Wildman–Crippen LogP) is 5.26. The van der Waals surface area contributed by atoms with Crippen molar-refractivity contribution in [1.29, 1.82) is 0 Å². The molecule has 0 bridgehead atoms. The van der Waals surface area contributed by atoms with Crippen LogP contribution in [0.5, 0.6) is 0 Å². The molecule has 0 spiro atoms. The van der Waals surface area contributed by atoms with Crippen molar-refractivity contribution in [3.63, 3.8) is 0 Å². The van der Waals surface area contributed by atoms with E-state index in [1.165, 1.54) is 64.2 Å². The van der Waals surface area contributed by atoms with Gasteiger partial charge in [0.05, 0.1) is 0 Å². The molecule has 86 valence electrons. The van der Waals surface area contributed by atoms with Gasteiger partial charge in [0, 0.05) is 0 Å². The van der Waals surface area contributed by atoms with Gasteiger partial charge in [-0.05, 0) is 31.1 Å². The van der Waals surface area contributed by atoms with Crippen molar-refractivity contribution in [2.45, 2.75) is 64.2 Å². The lowest BCUT2D eigenvalue weighted by molar-refractivity contribution is 0.234. The van der Waals surface area contributed by atoms with E-state index in [0.717, 1.165) is 0 Å². The normalized spacial score (nSPS) is 22.1. The van der Waals surface area contributed by atoms with Gasteiger partial charge in [-0.25, -0.2) is 0 Å². The number of rotatable bonds is 4. The van der Waals surface area contributed by atoms with Crippen LogP contribution in [0.3, 0.4) is 0 Å². The summed E-state index contributed by atoms with van der Waals surface area (Å²) in [7, 11) is 0. The predicted molar refractivity (Wildman–Crippen MR) is 69.0 cm³/mol. The van der Waals surface area contributed by atoms with E-state index in [0.29, 0.717) is 5.41 Å². The lowest BCUT2D eigenvalue weighted by Gasteiger charge is -2.32. The fraction of sp³-hybridized carbons (Fsp3) is 0.733. The number of hydrogen-bond acceptors (Lipinski definition) is 0. The average molecular weight is 206 g/mol. The summed E-state index contributed by atoms with van der Waals surface area (Å²) in [6.07, 6.45) is 17.9. The van der Waals surface area contributed by atoms with Crippen LogP contribution in [0, 0.1) is 5.41 Å². The molecule has 0 heterocycles. The fourth-order valence-corrected chi connectivity index (χ4v) is 2.94. The van der Waals surface area contributed by atoms with Crippen molar-refractivity contribution in [1.82, 2.24) is 0 Å². The van der Waals surface area contributed by atoms with Crippen LogP contribution in [0.15, 0.2) is 25.3 Å². The minimum absolute atomic E-state index is 0.508. The number of allylic oxidation sites excluding steroid dienone is 2. The van der Waals surface area contributed by atoms with Crippen LogP contribution in [0.4, 0.5) is 0 Å². The Kier molecular flexibility index (Phi) is 5.75. The Bertz CT molecular complexity index is 168. The minimum Gasteiger partial charge on any atom is -0.103 e. The molecule has 0 aromatic heterocycles. The molecule has 1 rings (SSSR count). The van der Waals surface area contributed by atoms with Crippen molar-refractivity contribution >= 4 is 0 Å². The topological polar surface area (TPSA) is 0 Å². The molecule has 1 saturated carbocycles. The first kappa shape index (κ1) is 12.5. The zero-order valence-electron chi connectivity index (χ0n) is 10.1. The molecule has 0 amide bonds. The van der Waals surface area contributed by atoms with Gasteiger partial charge in [0.25, 0.3) is 0 Å². The summed E-state index contributed by atoms with van der Waals surface area (Å²) >= 11 is 0. The summed E-state index contributed by atoms with van der Waals surface area (Å²) in [5, 5.41) is 0. The third-order valence-electron chi connectivity index (χ3n) is 3.82. The molecule has 0 aromatic rings. The van der Waals surface area contributed by atoms with Crippen molar-refractivity contribution < 1.29 is 0 Å². The Balaban J connectivity index is 2.61. The van der Waals surface area contributed by atoms with Gasteiger partial charge in [-0.2, -0.15) is 0 Å². The maximum Gasteiger partial charge on any atom is -0.0229 e. The van der Waals surface area contributed by atoms with Crippen LogP contribution in [-0.2, 0) is 0 Å². The smallest absolute Gasteiger partial charge is 0.0229 e. The van der Waals surface area contributed by atoms with Crippen LogP contribution in [0.2, 0.25) is 0 Å². The van der Waals surface area contributed by atoms with Crippen LogP contribution in [0.25, 0.3) is 0 Å². The molecule has 0 saturated heterocycles. The SMILES string of the molecule is C=CCC1(CC=C)CCCCCCCC1. The molecule has 0 N–H and O–H groups in total. The molecule has 1 aliphatic carbocycles. The molecule has 0 heteroatoms. The zero-order valence-corrected chi connectivity index (χ0v) is 10.1. The van der Waals surface area contributed by atoms with Gasteiger partial charge in [0.2, 0.25) is 0 Å². The highest BCUT2D eigenvalue weighted by atomic mass is 14.3. The molecular weight excluding hydrogens is 180 g/mol. The summed E-state index contributed by atoms with van der Waals surface area (Å²) in [4.78, 5) is 0. The standard InChI is InChI=1S/C15H26/c1-3-11-15(12-4-2)13-9-7-5-6-8-10-14-15/h3-4H,1-2,5-14H2. The largest absolute Gasteiger partial charge is 0.103 e. The molecular formula is C15H26. The first-order valence-electron chi connectivity index (χ1n) is 6.55. The summed E-state index contributed by atoms with van der Waals surface area (Å²) in [5.74, 6) is 0. The van der Waals surface area contributed by atoms with Gasteiger partial charge in [-0.15, -0.1) is 13.2 Å². The van der Waals surface area contributed by atoms with Gasteiger partial charge < -0.3 is 0 Å². The quantitative estimate of drug-likeness (QED) is 0.550. The maximum atomic E-state index is 3.93. The Labute approximate surface area is 95.5 Å². The summed E-state index contributed by atoms with van der Waals surface area (Å²) in [6, 6.07) is 0. The van der Waals surface area contributed by atoms with Crippen molar-refractivity contribution in [2.75, 3.05) is 0 Å². The highest BCUT2D eigenvalue weighted by Crippen LogP contribution is 2.40. The molecule has 0 nitrogen and oxygen atoms in total. The molecule has 1 aliphatic rings. The monoisotopic (exact) mass is 206 g/mol. The third kappa shape index (κ3) is 4.24. The molecule has 0 aromatic carbocycles. The van der Waals surface area contributed by atoms with Gasteiger partial charge in [-0.3, -0.25) is 0 Å². The van der Waals surface area contributed by atoms with E-state index < -0.39 is 0 Å². The summed E-state index contributed by atoms with van der Waals surface area (Å²) in [6.45, 7) is 7.85. The van der Waals surface area contributed by atoms with E-state index >= 15 is 0 Å². The summed E-state index contributed by atoms with van der Waals surface area (Å²) < 4.78 is 0. The average Bonchev–Trinajstić information content (AvgIpc) is 2.32. The first-order chi connectivity index (χ1) is 7.33. The van der Waals surface area contributed by atoms with E-state index in [1.807, 2.05) is 0 Å². The van der Waals surface area contributed by atoms with Crippen LogP contribution in [0.1, 0.15) is 64.2 Å². The van der Waals surface area contributed by atoms with Gasteiger partial charge in [0.1, 0.15) is 0 Å². The van der Waals surface area contributed by atoms with Gasteiger partial charge in [-0.1, -0.05) is 50.7 Å². The van der Waals surface area contributed by atoms with Crippen LogP contribution >= 0.6 is 0 Å². The van der Waals surface area contributed by atoms with Crippen molar-refractivity contribution in [3.05, 3.63) is 25.3 Å². The first-order valence-corrected chi connectivity index (χ1v) is 6.55. The van der Waals surface area contributed by atoms with E-state index in [1.54, 1.807) is 0 Å². The van der Waals surface area contributed by atoms with Gasteiger partial charge >= 0.3 is 0 Å². The van der Waals surface area contributed by atoms with E-state index in [4.69, 9.17) is 0 Å². The second kappa shape index (κ2) is 6.87. The Morgan fingerprint density at radius 3 is 1.53 bits per heavy atom. The number of hydrogen-bond donors (Lipinski definition) is 0. The second-order valence-corrected chi connectivity index (χ2v) is 5.11. The minimum atomic E-state index is 0.508. The lowest BCUT2D eigenvalue weighted by atomic mass is 9.73.